The fourth-order valence-electron chi connectivity index (χ4n) is 1.29. The predicted molar refractivity (Wildman–Crippen MR) is 53.4 cm³/mol. The lowest BCUT2D eigenvalue weighted by molar-refractivity contribution is 0.282. The highest BCUT2D eigenvalue weighted by Gasteiger charge is 2.06. The van der Waals surface area contributed by atoms with Gasteiger partial charge in [-0.15, -0.1) is 5.10 Å². The number of hydrogen-bond donors (Lipinski definition) is 2. The van der Waals surface area contributed by atoms with Gasteiger partial charge in [-0.1, -0.05) is 0 Å². The largest absolute Gasteiger partial charge is 0.396 e. The van der Waals surface area contributed by atoms with Gasteiger partial charge >= 0.3 is 0 Å². The zero-order valence-electron chi connectivity index (χ0n) is 8.33. The van der Waals surface area contributed by atoms with E-state index in [9.17, 15) is 0 Å². The maximum atomic E-state index is 8.79. The summed E-state index contributed by atoms with van der Waals surface area (Å²) in [5.41, 5.74) is 0.594. The molecule has 2 aromatic heterocycles. The average molecular weight is 208 g/mol. The van der Waals surface area contributed by atoms with Crippen LogP contribution in [0.5, 0.6) is 0 Å². The van der Waals surface area contributed by atoms with E-state index in [-0.39, 0.29) is 12.6 Å². The first-order valence-corrected chi connectivity index (χ1v) is 4.71. The number of fused-ring (bicyclic) bond motifs is 1. The highest BCUT2D eigenvalue weighted by Crippen LogP contribution is 2.08. The molecule has 0 saturated carbocycles. The monoisotopic (exact) mass is 208 g/mol. The molecular weight excluding hydrogens is 196 g/mol. The minimum absolute atomic E-state index is 0.145. The Kier molecular flexibility index (Phi) is 2.72. The topological polar surface area (TPSA) is 88.2 Å². The Balaban J connectivity index is 2.23. The van der Waals surface area contributed by atoms with E-state index in [2.05, 4.69) is 25.8 Å². The molecule has 0 amide bonds. The van der Waals surface area contributed by atoms with Crippen LogP contribution in [-0.2, 0) is 0 Å². The smallest absolute Gasteiger partial charge is 0.199 e. The third-order valence-corrected chi connectivity index (χ3v) is 2.07. The highest BCUT2D eigenvalue weighted by molar-refractivity contribution is 5.44. The van der Waals surface area contributed by atoms with E-state index in [1.54, 1.807) is 16.9 Å². The van der Waals surface area contributed by atoms with Gasteiger partial charge in [-0.25, -0.2) is 0 Å². The minimum Gasteiger partial charge on any atom is -0.396 e. The summed E-state index contributed by atoms with van der Waals surface area (Å²) < 4.78 is 1.57. The highest BCUT2D eigenvalue weighted by atomic mass is 16.3. The lowest BCUT2D eigenvalue weighted by Gasteiger charge is -2.13. The van der Waals surface area contributed by atoms with Crippen LogP contribution in [-0.4, -0.2) is 42.8 Å². The molecular formula is C8H12N6O. The number of anilines is 1. The zero-order valence-corrected chi connectivity index (χ0v) is 8.33. The normalized spacial score (nSPS) is 12.9. The first-order chi connectivity index (χ1) is 7.31. The quantitative estimate of drug-likeness (QED) is 0.717. The number of tetrazole rings is 1. The predicted octanol–water partition coefficient (Wildman–Crippen LogP) is -0.298. The van der Waals surface area contributed by atoms with E-state index in [1.165, 1.54) is 0 Å². The van der Waals surface area contributed by atoms with Gasteiger partial charge in [0.15, 0.2) is 11.5 Å². The van der Waals surface area contributed by atoms with Crippen molar-refractivity contribution < 1.29 is 5.11 Å². The number of nitrogens with one attached hydrogen (secondary N) is 1. The van der Waals surface area contributed by atoms with Crippen LogP contribution < -0.4 is 5.32 Å². The molecule has 0 bridgehead atoms. The third kappa shape index (κ3) is 2.01. The van der Waals surface area contributed by atoms with Gasteiger partial charge in [-0.3, -0.25) is 4.98 Å². The Morgan fingerprint density at radius 3 is 3.20 bits per heavy atom. The fraction of sp³-hybridized carbons (Fsp3) is 0.500. The SMILES string of the molecule is CC(CCO)Nc1cncc2nnnn12. The molecule has 0 aliphatic rings. The molecule has 0 spiro atoms. The molecule has 1 unspecified atom stereocenters. The second-order valence-corrected chi connectivity index (χ2v) is 3.30. The standard InChI is InChI=1S/C8H12N6O/c1-6(2-3-15)10-7-4-9-5-8-11-12-13-14(7)8/h4-6,10,15H,2-3H2,1H3. The van der Waals surface area contributed by atoms with Crippen molar-refractivity contribution in [3.05, 3.63) is 12.4 Å². The van der Waals surface area contributed by atoms with Crippen LogP contribution in [0.2, 0.25) is 0 Å². The van der Waals surface area contributed by atoms with Gasteiger partial charge in [0.1, 0.15) is 0 Å². The molecule has 7 nitrogen and oxygen atoms in total. The van der Waals surface area contributed by atoms with E-state index < -0.39 is 0 Å². The average Bonchev–Trinajstić information content (AvgIpc) is 2.67. The molecule has 15 heavy (non-hydrogen) atoms. The van der Waals surface area contributed by atoms with Crippen LogP contribution in [0.4, 0.5) is 5.82 Å². The fourth-order valence-corrected chi connectivity index (χ4v) is 1.29. The molecule has 7 heteroatoms. The molecule has 2 aromatic rings. The minimum atomic E-state index is 0.145. The van der Waals surface area contributed by atoms with Crippen LogP contribution in [0.25, 0.3) is 5.65 Å². The lowest BCUT2D eigenvalue weighted by atomic mass is 10.2. The van der Waals surface area contributed by atoms with Crippen LogP contribution in [0.1, 0.15) is 13.3 Å². The summed E-state index contributed by atoms with van der Waals surface area (Å²) in [6.45, 7) is 2.12. The van der Waals surface area contributed by atoms with Crippen molar-refractivity contribution in [2.45, 2.75) is 19.4 Å². The number of aliphatic hydroxyl groups excluding tert-OH is 1. The first-order valence-electron chi connectivity index (χ1n) is 4.71. The van der Waals surface area contributed by atoms with Crippen LogP contribution in [0.3, 0.4) is 0 Å². The van der Waals surface area contributed by atoms with Crippen molar-refractivity contribution in [2.24, 2.45) is 0 Å². The van der Waals surface area contributed by atoms with E-state index in [1.807, 2.05) is 6.92 Å². The van der Waals surface area contributed by atoms with Crippen LogP contribution >= 0.6 is 0 Å². The molecule has 0 radical (unpaired) electrons. The van der Waals surface area contributed by atoms with E-state index >= 15 is 0 Å². The maximum Gasteiger partial charge on any atom is 0.199 e. The van der Waals surface area contributed by atoms with Crippen molar-refractivity contribution in [3.8, 4) is 0 Å². The molecule has 2 heterocycles. The molecule has 1 atom stereocenters. The van der Waals surface area contributed by atoms with Gasteiger partial charge in [0.25, 0.3) is 0 Å². The van der Waals surface area contributed by atoms with Gasteiger partial charge in [0.2, 0.25) is 0 Å². The summed E-state index contributed by atoms with van der Waals surface area (Å²) in [6, 6.07) is 0.145. The summed E-state index contributed by atoms with van der Waals surface area (Å²) in [5, 5.41) is 23.1. The summed E-state index contributed by atoms with van der Waals surface area (Å²) in [6.07, 6.45) is 3.90. The van der Waals surface area contributed by atoms with Gasteiger partial charge in [-0.2, -0.15) is 4.52 Å². The Morgan fingerprint density at radius 2 is 2.40 bits per heavy atom. The van der Waals surface area contributed by atoms with Crippen molar-refractivity contribution >= 4 is 11.5 Å². The van der Waals surface area contributed by atoms with Crippen molar-refractivity contribution in [3.63, 3.8) is 0 Å². The number of hydrogen-bond acceptors (Lipinski definition) is 6. The van der Waals surface area contributed by atoms with Crippen molar-refractivity contribution in [2.75, 3.05) is 11.9 Å². The molecule has 0 fully saturated rings. The van der Waals surface area contributed by atoms with E-state index in [0.717, 1.165) is 5.82 Å². The van der Waals surface area contributed by atoms with Gasteiger partial charge < -0.3 is 10.4 Å². The first kappa shape index (κ1) is 9.78. The second-order valence-electron chi connectivity index (χ2n) is 3.30. The summed E-state index contributed by atoms with van der Waals surface area (Å²) >= 11 is 0. The Bertz CT molecular complexity index is 441. The molecule has 0 aromatic carbocycles. The molecule has 2 N–H and O–H groups in total. The van der Waals surface area contributed by atoms with Gasteiger partial charge in [0, 0.05) is 12.6 Å². The second kappa shape index (κ2) is 4.18. The van der Waals surface area contributed by atoms with Gasteiger partial charge in [-0.05, 0) is 23.8 Å². The molecule has 0 aliphatic heterocycles. The molecule has 80 valence electrons. The Labute approximate surface area is 86.1 Å². The lowest BCUT2D eigenvalue weighted by Crippen LogP contribution is -2.18. The van der Waals surface area contributed by atoms with Gasteiger partial charge in [0.05, 0.1) is 12.4 Å². The summed E-state index contributed by atoms with van der Waals surface area (Å²) in [4.78, 5) is 4.01. The van der Waals surface area contributed by atoms with Crippen LogP contribution in [0.15, 0.2) is 12.4 Å². The molecule has 2 rings (SSSR count). The van der Waals surface area contributed by atoms with Crippen molar-refractivity contribution in [1.82, 2.24) is 25.0 Å². The third-order valence-electron chi connectivity index (χ3n) is 2.07. The number of aromatic nitrogens is 5. The van der Waals surface area contributed by atoms with E-state index in [4.69, 9.17) is 5.11 Å². The molecule has 0 saturated heterocycles. The Hall–Kier alpha value is -1.76. The number of nitrogens with zero attached hydrogens (tertiary/aromatic N) is 5. The van der Waals surface area contributed by atoms with E-state index in [0.29, 0.717) is 12.1 Å². The maximum absolute atomic E-state index is 8.79. The molecule has 0 aliphatic carbocycles. The van der Waals surface area contributed by atoms with Crippen molar-refractivity contribution in [1.29, 1.82) is 0 Å². The summed E-state index contributed by atoms with van der Waals surface area (Å²) in [5.74, 6) is 0.721. The number of rotatable bonds is 4. The van der Waals surface area contributed by atoms with Crippen LogP contribution in [0, 0.1) is 0 Å². The number of aliphatic hydroxyl groups is 1. The zero-order chi connectivity index (χ0) is 10.7. The Morgan fingerprint density at radius 1 is 1.53 bits per heavy atom. The summed E-state index contributed by atoms with van der Waals surface area (Å²) in [7, 11) is 0.